The van der Waals surface area contributed by atoms with Crippen molar-refractivity contribution < 1.29 is 9.53 Å². The van der Waals surface area contributed by atoms with Gasteiger partial charge in [-0.15, -0.1) is 0 Å². The number of ether oxygens (including phenoxy) is 1. The molecule has 152 valence electrons. The number of carbonyl (C=O) groups excluding carboxylic acids is 1. The molecule has 2 aromatic heterocycles. The third-order valence-corrected chi connectivity index (χ3v) is 5.18. The fraction of sp³-hybridized carbons (Fsp3) is 0.381. The van der Waals surface area contributed by atoms with Gasteiger partial charge in [-0.3, -0.25) is 13.9 Å². The normalized spacial score (nSPS) is 14.3. The van der Waals surface area contributed by atoms with E-state index in [0.717, 1.165) is 35.5 Å². The highest BCUT2D eigenvalue weighted by atomic mass is 16.5. The third-order valence-electron chi connectivity index (χ3n) is 5.18. The van der Waals surface area contributed by atoms with Gasteiger partial charge in [-0.25, -0.2) is 9.78 Å². The molecule has 1 saturated heterocycles. The lowest BCUT2D eigenvalue weighted by molar-refractivity contribution is -0.121. The van der Waals surface area contributed by atoms with Gasteiger partial charge in [0.1, 0.15) is 12.4 Å². The van der Waals surface area contributed by atoms with Gasteiger partial charge in [0.05, 0.1) is 24.2 Å². The van der Waals surface area contributed by atoms with Crippen LogP contribution in [0.3, 0.4) is 0 Å². The van der Waals surface area contributed by atoms with Crippen molar-refractivity contribution >= 4 is 22.8 Å². The summed E-state index contributed by atoms with van der Waals surface area (Å²) in [5.41, 5.74) is 2.36. The van der Waals surface area contributed by atoms with Crippen LogP contribution >= 0.6 is 0 Å². The van der Waals surface area contributed by atoms with E-state index in [9.17, 15) is 9.59 Å². The molecule has 1 amide bonds. The number of nitrogens with zero attached hydrogens (tertiary/aromatic N) is 4. The van der Waals surface area contributed by atoms with Crippen molar-refractivity contribution in [2.75, 3.05) is 31.2 Å². The summed E-state index contributed by atoms with van der Waals surface area (Å²) in [6, 6.07) is 11.5. The van der Waals surface area contributed by atoms with Gasteiger partial charge >= 0.3 is 5.69 Å². The molecule has 0 bridgehead atoms. The molecule has 1 aliphatic rings. The maximum absolute atomic E-state index is 12.6. The van der Waals surface area contributed by atoms with Crippen molar-refractivity contribution in [3.8, 4) is 0 Å². The summed E-state index contributed by atoms with van der Waals surface area (Å²) < 4.78 is 8.56. The number of aryl methyl sites for hydroxylation is 1. The minimum absolute atomic E-state index is 0.00830. The van der Waals surface area contributed by atoms with Crippen LogP contribution in [0.2, 0.25) is 0 Å². The number of hydrogen-bond donors (Lipinski definition) is 1. The van der Waals surface area contributed by atoms with E-state index in [0.29, 0.717) is 26.3 Å². The average Bonchev–Trinajstić information content (AvgIpc) is 3.04. The number of aromatic nitrogens is 3. The quantitative estimate of drug-likeness (QED) is 0.682. The summed E-state index contributed by atoms with van der Waals surface area (Å²) in [5, 5.41) is 2.88. The number of morpholine rings is 1. The molecule has 0 saturated carbocycles. The summed E-state index contributed by atoms with van der Waals surface area (Å²) in [4.78, 5) is 31.8. The number of fused-ring (bicyclic) bond motifs is 1. The van der Waals surface area contributed by atoms with Gasteiger partial charge in [-0.2, -0.15) is 0 Å². The number of imidazole rings is 1. The smallest absolute Gasteiger partial charge is 0.329 e. The summed E-state index contributed by atoms with van der Waals surface area (Å²) in [7, 11) is 0. The summed E-state index contributed by atoms with van der Waals surface area (Å²) in [5.74, 6) is 0.714. The first-order chi connectivity index (χ1) is 14.2. The van der Waals surface area contributed by atoms with E-state index >= 15 is 0 Å². The summed E-state index contributed by atoms with van der Waals surface area (Å²) >= 11 is 0. The number of rotatable bonds is 6. The average molecular weight is 395 g/mol. The predicted octanol–water partition coefficient (Wildman–Crippen LogP) is 1.37. The van der Waals surface area contributed by atoms with Gasteiger partial charge in [0.2, 0.25) is 5.91 Å². The van der Waals surface area contributed by atoms with Crippen LogP contribution in [0.4, 0.5) is 5.82 Å². The van der Waals surface area contributed by atoms with Crippen LogP contribution in [0.15, 0.2) is 47.4 Å². The number of amides is 1. The van der Waals surface area contributed by atoms with Crippen molar-refractivity contribution in [1.29, 1.82) is 0 Å². The second-order valence-corrected chi connectivity index (χ2v) is 7.00. The van der Waals surface area contributed by atoms with Gasteiger partial charge < -0.3 is 15.0 Å². The first-order valence-electron chi connectivity index (χ1n) is 9.89. The first-order valence-corrected chi connectivity index (χ1v) is 9.89. The number of carbonyl (C=O) groups is 1. The molecule has 29 heavy (non-hydrogen) atoms. The number of benzene rings is 1. The lowest BCUT2D eigenvalue weighted by atomic mass is 10.2. The fourth-order valence-electron chi connectivity index (χ4n) is 3.63. The van der Waals surface area contributed by atoms with Gasteiger partial charge in [0, 0.05) is 32.4 Å². The molecule has 3 aromatic rings. The van der Waals surface area contributed by atoms with Gasteiger partial charge in [0.15, 0.2) is 0 Å². The molecule has 1 aromatic carbocycles. The van der Waals surface area contributed by atoms with Crippen molar-refractivity contribution in [1.82, 2.24) is 19.4 Å². The molecule has 1 fully saturated rings. The first kappa shape index (κ1) is 19.2. The van der Waals surface area contributed by atoms with Crippen LogP contribution in [0.5, 0.6) is 0 Å². The second kappa shape index (κ2) is 8.48. The van der Waals surface area contributed by atoms with E-state index < -0.39 is 0 Å². The largest absolute Gasteiger partial charge is 0.378 e. The molecule has 4 rings (SSSR count). The Morgan fingerprint density at radius 1 is 1.10 bits per heavy atom. The standard InChI is InChI=1S/C21H25N5O3/c1-2-25-17-5-3-4-6-18(17)26(21(25)28)15-20(27)23-14-16-7-8-19(22-13-16)24-9-11-29-12-10-24/h3-8,13H,2,9-12,14-15H2,1H3,(H,23,27). The Balaban J connectivity index is 1.40. The van der Waals surface area contributed by atoms with Crippen LogP contribution < -0.4 is 15.9 Å². The molecule has 1 aliphatic heterocycles. The molecule has 1 N–H and O–H groups in total. The van der Waals surface area contributed by atoms with E-state index in [1.165, 1.54) is 4.57 Å². The fourth-order valence-corrected chi connectivity index (χ4v) is 3.63. The Morgan fingerprint density at radius 3 is 2.48 bits per heavy atom. The Labute approximate surface area is 168 Å². The van der Waals surface area contributed by atoms with Crippen molar-refractivity contribution in [2.45, 2.75) is 26.6 Å². The topological polar surface area (TPSA) is 81.4 Å². The van der Waals surface area contributed by atoms with Gasteiger partial charge in [-0.05, 0) is 30.7 Å². The zero-order valence-electron chi connectivity index (χ0n) is 16.5. The van der Waals surface area contributed by atoms with Crippen LogP contribution in [0, 0.1) is 0 Å². The highest BCUT2D eigenvalue weighted by molar-refractivity contribution is 5.80. The molecule has 0 unspecified atom stereocenters. The van der Waals surface area contributed by atoms with E-state index in [2.05, 4.69) is 15.2 Å². The molecule has 0 atom stereocenters. The zero-order valence-corrected chi connectivity index (χ0v) is 16.5. The molecule has 0 aliphatic carbocycles. The second-order valence-electron chi connectivity index (χ2n) is 7.00. The van der Waals surface area contributed by atoms with Gasteiger partial charge in [0.25, 0.3) is 0 Å². The lowest BCUT2D eigenvalue weighted by Crippen LogP contribution is -2.36. The molecule has 0 radical (unpaired) electrons. The number of pyridine rings is 1. The van der Waals surface area contributed by atoms with Crippen LogP contribution in [0.1, 0.15) is 12.5 Å². The molecular weight excluding hydrogens is 370 g/mol. The van der Waals surface area contributed by atoms with Crippen molar-refractivity contribution in [3.05, 3.63) is 58.6 Å². The summed E-state index contributed by atoms with van der Waals surface area (Å²) in [6.07, 6.45) is 1.78. The monoisotopic (exact) mass is 395 g/mol. The van der Waals surface area contributed by atoms with Crippen LogP contribution in [-0.2, 0) is 29.2 Å². The molecular formula is C21H25N5O3. The van der Waals surface area contributed by atoms with Crippen LogP contribution in [0.25, 0.3) is 11.0 Å². The van der Waals surface area contributed by atoms with E-state index in [1.807, 2.05) is 43.3 Å². The number of para-hydroxylation sites is 2. The highest BCUT2D eigenvalue weighted by Crippen LogP contribution is 2.14. The Kier molecular flexibility index (Phi) is 5.62. The minimum Gasteiger partial charge on any atom is -0.378 e. The Hall–Kier alpha value is -3.13. The van der Waals surface area contributed by atoms with E-state index in [1.54, 1.807) is 10.8 Å². The van der Waals surface area contributed by atoms with Crippen molar-refractivity contribution in [3.63, 3.8) is 0 Å². The number of hydrogen-bond acceptors (Lipinski definition) is 5. The number of anilines is 1. The molecule has 8 heteroatoms. The Morgan fingerprint density at radius 2 is 1.83 bits per heavy atom. The minimum atomic E-state index is -0.205. The van der Waals surface area contributed by atoms with E-state index in [4.69, 9.17) is 4.74 Å². The lowest BCUT2D eigenvalue weighted by Gasteiger charge is -2.27. The predicted molar refractivity (Wildman–Crippen MR) is 111 cm³/mol. The molecule has 0 spiro atoms. The third kappa shape index (κ3) is 4.02. The maximum atomic E-state index is 12.6. The SMILES string of the molecule is CCn1c(=O)n(CC(=O)NCc2ccc(N3CCOCC3)nc2)c2ccccc21. The van der Waals surface area contributed by atoms with Crippen LogP contribution in [-0.4, -0.2) is 46.3 Å². The number of nitrogens with one attached hydrogen (secondary N) is 1. The van der Waals surface area contributed by atoms with Crippen molar-refractivity contribution in [2.24, 2.45) is 0 Å². The summed E-state index contributed by atoms with van der Waals surface area (Å²) in [6.45, 7) is 5.95. The highest BCUT2D eigenvalue weighted by Gasteiger charge is 2.15. The molecule has 3 heterocycles. The van der Waals surface area contributed by atoms with E-state index in [-0.39, 0.29) is 18.1 Å². The molecule has 8 nitrogen and oxygen atoms in total. The Bertz CT molecular complexity index is 1050. The van der Waals surface area contributed by atoms with Gasteiger partial charge in [-0.1, -0.05) is 18.2 Å². The maximum Gasteiger partial charge on any atom is 0.329 e. The zero-order chi connectivity index (χ0) is 20.2.